The Bertz CT molecular complexity index is 543. The summed E-state index contributed by atoms with van der Waals surface area (Å²) < 4.78 is 15.2. The number of hydrogen-bond donors (Lipinski definition) is 1. The molecule has 4 nitrogen and oxygen atoms in total. The Morgan fingerprint density at radius 1 is 1.35 bits per heavy atom. The van der Waals surface area contributed by atoms with Gasteiger partial charge in [0.2, 0.25) is 0 Å². The summed E-state index contributed by atoms with van der Waals surface area (Å²) in [6.07, 6.45) is 5.05. The van der Waals surface area contributed by atoms with Crippen LogP contribution < -0.4 is 5.73 Å². The van der Waals surface area contributed by atoms with Crippen molar-refractivity contribution in [2.75, 3.05) is 5.73 Å². The van der Waals surface area contributed by atoms with Gasteiger partial charge in [0.1, 0.15) is 11.3 Å². The van der Waals surface area contributed by atoms with Gasteiger partial charge in [-0.25, -0.2) is 9.07 Å². The van der Waals surface area contributed by atoms with Crippen LogP contribution in [-0.4, -0.2) is 15.0 Å². The molecule has 0 atom stereocenters. The molecule has 1 aliphatic rings. The Labute approximate surface area is 98.6 Å². The van der Waals surface area contributed by atoms with Crippen LogP contribution in [0.25, 0.3) is 11.0 Å². The summed E-state index contributed by atoms with van der Waals surface area (Å²) in [5, 5.41) is 8.11. The van der Waals surface area contributed by atoms with Crippen LogP contribution in [0.3, 0.4) is 0 Å². The average molecular weight is 234 g/mol. The minimum atomic E-state index is -0.396. The van der Waals surface area contributed by atoms with Crippen LogP contribution in [0.4, 0.5) is 10.1 Å². The van der Waals surface area contributed by atoms with Gasteiger partial charge in [0.25, 0.3) is 0 Å². The first-order valence-electron chi connectivity index (χ1n) is 6.02. The molecule has 1 aliphatic carbocycles. The van der Waals surface area contributed by atoms with Crippen LogP contribution in [0.1, 0.15) is 25.7 Å². The fraction of sp³-hybridized carbons (Fsp3) is 0.500. The van der Waals surface area contributed by atoms with E-state index >= 15 is 0 Å². The van der Waals surface area contributed by atoms with Gasteiger partial charge in [-0.15, -0.1) is 5.10 Å². The predicted molar refractivity (Wildman–Crippen MR) is 63.9 cm³/mol. The van der Waals surface area contributed by atoms with Crippen molar-refractivity contribution in [1.29, 1.82) is 0 Å². The summed E-state index contributed by atoms with van der Waals surface area (Å²) in [4.78, 5) is 0. The van der Waals surface area contributed by atoms with Crippen molar-refractivity contribution < 1.29 is 4.39 Å². The maximum atomic E-state index is 13.4. The number of nitrogens with zero attached hydrogens (tertiary/aromatic N) is 3. The third-order valence-electron chi connectivity index (χ3n) is 3.54. The second-order valence-electron chi connectivity index (χ2n) is 4.78. The average Bonchev–Trinajstić information content (AvgIpc) is 2.92. The van der Waals surface area contributed by atoms with Gasteiger partial charge in [-0.2, -0.15) is 0 Å². The van der Waals surface area contributed by atoms with Gasteiger partial charge < -0.3 is 5.73 Å². The second kappa shape index (κ2) is 3.98. The van der Waals surface area contributed by atoms with E-state index < -0.39 is 5.82 Å². The van der Waals surface area contributed by atoms with Gasteiger partial charge in [-0.3, -0.25) is 0 Å². The predicted octanol–water partition coefficient (Wildman–Crippen LogP) is 2.34. The maximum Gasteiger partial charge on any atom is 0.148 e. The highest BCUT2D eigenvalue weighted by atomic mass is 19.1. The minimum absolute atomic E-state index is 0.130. The summed E-state index contributed by atoms with van der Waals surface area (Å²) in [5.74, 6) is 0.257. The quantitative estimate of drug-likeness (QED) is 0.811. The minimum Gasteiger partial charge on any atom is -0.396 e. The summed E-state index contributed by atoms with van der Waals surface area (Å²) in [7, 11) is 0. The van der Waals surface area contributed by atoms with Crippen molar-refractivity contribution >= 4 is 16.7 Å². The van der Waals surface area contributed by atoms with Crippen molar-refractivity contribution in [1.82, 2.24) is 15.0 Å². The third-order valence-corrected chi connectivity index (χ3v) is 3.54. The molecule has 1 heterocycles. The zero-order valence-corrected chi connectivity index (χ0v) is 9.56. The number of anilines is 1. The summed E-state index contributed by atoms with van der Waals surface area (Å²) in [5.41, 5.74) is 7.04. The lowest BCUT2D eigenvalue weighted by atomic mass is 10.1. The van der Waals surface area contributed by atoms with Crippen molar-refractivity contribution in [3.05, 3.63) is 17.9 Å². The number of fused-ring (bicyclic) bond motifs is 1. The molecule has 1 saturated carbocycles. The molecule has 0 bridgehead atoms. The van der Waals surface area contributed by atoms with Crippen molar-refractivity contribution in [2.45, 2.75) is 32.2 Å². The molecule has 0 spiro atoms. The fourth-order valence-electron chi connectivity index (χ4n) is 2.58. The monoisotopic (exact) mass is 234 g/mol. The number of hydrogen-bond acceptors (Lipinski definition) is 3. The van der Waals surface area contributed by atoms with E-state index in [-0.39, 0.29) is 5.69 Å². The molecule has 17 heavy (non-hydrogen) atoms. The van der Waals surface area contributed by atoms with Gasteiger partial charge >= 0.3 is 0 Å². The van der Waals surface area contributed by atoms with E-state index in [0.29, 0.717) is 11.4 Å². The first-order chi connectivity index (χ1) is 8.24. The summed E-state index contributed by atoms with van der Waals surface area (Å²) in [6, 6.07) is 2.97. The summed E-state index contributed by atoms with van der Waals surface area (Å²) >= 11 is 0. The third kappa shape index (κ3) is 1.85. The SMILES string of the molecule is Nc1cc2nnn(CC3CCCC3)c2cc1F. The fourth-order valence-corrected chi connectivity index (χ4v) is 2.58. The van der Waals surface area contributed by atoms with Crippen molar-refractivity contribution in [3.63, 3.8) is 0 Å². The van der Waals surface area contributed by atoms with Gasteiger partial charge in [-0.1, -0.05) is 18.1 Å². The highest BCUT2D eigenvalue weighted by Crippen LogP contribution is 2.27. The first-order valence-corrected chi connectivity index (χ1v) is 6.02. The van der Waals surface area contributed by atoms with Crippen molar-refractivity contribution in [3.8, 4) is 0 Å². The molecule has 0 aliphatic heterocycles. The van der Waals surface area contributed by atoms with Gasteiger partial charge in [0.05, 0.1) is 11.2 Å². The lowest BCUT2D eigenvalue weighted by Gasteiger charge is -2.08. The van der Waals surface area contributed by atoms with Crippen LogP contribution in [-0.2, 0) is 6.54 Å². The van der Waals surface area contributed by atoms with E-state index in [4.69, 9.17) is 5.73 Å². The second-order valence-corrected chi connectivity index (χ2v) is 4.78. The van der Waals surface area contributed by atoms with Crippen LogP contribution in [0.2, 0.25) is 0 Å². The Morgan fingerprint density at radius 2 is 2.12 bits per heavy atom. The van der Waals surface area contributed by atoms with E-state index in [1.165, 1.54) is 31.7 Å². The Morgan fingerprint density at radius 3 is 2.88 bits per heavy atom. The highest BCUT2D eigenvalue weighted by molar-refractivity contribution is 5.78. The van der Waals surface area contributed by atoms with E-state index in [9.17, 15) is 4.39 Å². The number of halogens is 1. The lowest BCUT2D eigenvalue weighted by molar-refractivity contribution is 0.429. The number of nitrogen functional groups attached to an aromatic ring is 1. The molecule has 3 rings (SSSR count). The lowest BCUT2D eigenvalue weighted by Crippen LogP contribution is -2.09. The largest absolute Gasteiger partial charge is 0.396 e. The van der Waals surface area contributed by atoms with Crippen LogP contribution in [0.5, 0.6) is 0 Å². The number of benzene rings is 1. The molecule has 2 aromatic rings. The Kier molecular flexibility index (Phi) is 2.46. The first kappa shape index (κ1) is 10.5. The van der Waals surface area contributed by atoms with Crippen molar-refractivity contribution in [2.24, 2.45) is 5.92 Å². The van der Waals surface area contributed by atoms with E-state index in [1.807, 2.05) is 0 Å². The smallest absolute Gasteiger partial charge is 0.148 e. The normalized spacial score (nSPS) is 17.0. The molecule has 0 amide bonds. The Balaban J connectivity index is 1.96. The zero-order chi connectivity index (χ0) is 11.8. The molecule has 1 fully saturated rings. The van der Waals surface area contributed by atoms with Gasteiger partial charge in [0.15, 0.2) is 0 Å². The maximum absolute atomic E-state index is 13.4. The van der Waals surface area contributed by atoms with Gasteiger partial charge in [-0.05, 0) is 24.8 Å². The van der Waals surface area contributed by atoms with E-state index in [2.05, 4.69) is 10.3 Å². The molecule has 0 radical (unpaired) electrons. The van der Waals surface area contributed by atoms with Gasteiger partial charge in [0, 0.05) is 12.6 Å². The Hall–Kier alpha value is -1.65. The molecule has 1 aromatic carbocycles. The molecule has 2 N–H and O–H groups in total. The van der Waals surface area contributed by atoms with E-state index in [0.717, 1.165) is 12.1 Å². The van der Waals surface area contributed by atoms with Crippen LogP contribution in [0.15, 0.2) is 12.1 Å². The topological polar surface area (TPSA) is 56.7 Å². The standard InChI is InChI=1S/C12H15FN4/c13-9-5-12-11(6-10(9)14)15-16-17(12)7-8-3-1-2-4-8/h5-6,8H,1-4,7,14H2. The number of rotatable bonds is 2. The molecule has 0 saturated heterocycles. The number of aromatic nitrogens is 3. The number of nitrogens with two attached hydrogens (primary N) is 1. The zero-order valence-electron chi connectivity index (χ0n) is 9.56. The molecule has 90 valence electrons. The van der Waals surface area contributed by atoms with Crippen LogP contribution >= 0.6 is 0 Å². The summed E-state index contributed by atoms with van der Waals surface area (Å²) in [6.45, 7) is 0.833. The van der Waals surface area contributed by atoms with E-state index in [1.54, 1.807) is 10.7 Å². The highest BCUT2D eigenvalue weighted by Gasteiger charge is 2.17. The molecule has 0 unspecified atom stereocenters. The van der Waals surface area contributed by atoms with Crippen LogP contribution in [0, 0.1) is 11.7 Å². The molecule has 5 heteroatoms. The molecule has 1 aromatic heterocycles. The molecular formula is C12H15FN4. The molecular weight excluding hydrogens is 219 g/mol.